The van der Waals surface area contributed by atoms with Crippen molar-refractivity contribution in [1.82, 2.24) is 10.6 Å². The molecule has 1 aliphatic rings. The van der Waals surface area contributed by atoms with Gasteiger partial charge in [0.2, 0.25) is 5.91 Å². The van der Waals surface area contributed by atoms with E-state index in [2.05, 4.69) is 26.6 Å². The largest absolute Gasteiger partial charge is 0.494 e. The van der Waals surface area contributed by atoms with Crippen LogP contribution in [0.5, 0.6) is 5.75 Å². The van der Waals surface area contributed by atoms with Crippen LogP contribution in [0, 0.1) is 0 Å². The first kappa shape index (κ1) is 19.3. The summed E-state index contributed by atoms with van der Waals surface area (Å²) < 4.78 is 6.68. The Morgan fingerprint density at radius 2 is 1.91 bits per heavy atom. The first-order valence-electron chi connectivity index (χ1n) is 7.62. The average molecular weight is 392 g/mol. The highest BCUT2D eigenvalue weighted by Crippen LogP contribution is 2.16. The Hall–Kier alpha value is -0.780. The quantitative estimate of drug-likeness (QED) is 0.701. The molecule has 1 aromatic carbocycles. The average Bonchev–Trinajstić information content (AvgIpc) is 2.50. The van der Waals surface area contributed by atoms with Gasteiger partial charge in [-0.15, -0.1) is 12.4 Å². The number of nitrogens with one attached hydrogen (secondary N) is 2. The van der Waals surface area contributed by atoms with Crippen LogP contribution in [0.1, 0.15) is 32.1 Å². The predicted molar refractivity (Wildman–Crippen MR) is 94.8 cm³/mol. The Morgan fingerprint density at radius 3 is 2.59 bits per heavy atom. The van der Waals surface area contributed by atoms with Crippen LogP contribution < -0.4 is 15.4 Å². The number of amides is 1. The fourth-order valence-corrected chi connectivity index (χ4v) is 2.64. The second-order valence-electron chi connectivity index (χ2n) is 5.35. The number of hydrogen-bond acceptors (Lipinski definition) is 3. The smallest absolute Gasteiger partial charge is 0.220 e. The van der Waals surface area contributed by atoms with Crippen LogP contribution in [0.2, 0.25) is 0 Å². The van der Waals surface area contributed by atoms with E-state index in [1.54, 1.807) is 0 Å². The van der Waals surface area contributed by atoms with Gasteiger partial charge in [0.05, 0.1) is 6.61 Å². The minimum atomic E-state index is 0. The topological polar surface area (TPSA) is 50.4 Å². The van der Waals surface area contributed by atoms with Crippen molar-refractivity contribution in [2.75, 3.05) is 19.7 Å². The Labute approximate surface area is 146 Å². The number of hydrogen-bond donors (Lipinski definition) is 2. The van der Waals surface area contributed by atoms with Gasteiger partial charge in [-0.2, -0.15) is 0 Å². The molecule has 4 nitrogen and oxygen atoms in total. The fraction of sp³-hybridized carbons (Fsp3) is 0.562. The van der Waals surface area contributed by atoms with E-state index in [4.69, 9.17) is 4.74 Å². The normalized spacial score (nSPS) is 15.0. The van der Waals surface area contributed by atoms with Crippen molar-refractivity contribution < 1.29 is 9.53 Å². The number of rotatable bonds is 7. The lowest BCUT2D eigenvalue weighted by atomic mass is 10.1. The number of carbonyl (C=O) groups is 1. The third-order valence-electron chi connectivity index (χ3n) is 3.58. The second kappa shape index (κ2) is 10.9. The Balaban J connectivity index is 0.00000242. The summed E-state index contributed by atoms with van der Waals surface area (Å²) in [5.41, 5.74) is 0. The van der Waals surface area contributed by atoms with Gasteiger partial charge >= 0.3 is 0 Å². The lowest BCUT2D eigenvalue weighted by molar-refractivity contribution is -0.122. The predicted octanol–water partition coefficient (Wildman–Crippen LogP) is 3.29. The van der Waals surface area contributed by atoms with Crippen molar-refractivity contribution in [1.29, 1.82) is 0 Å². The van der Waals surface area contributed by atoms with Gasteiger partial charge in [0.15, 0.2) is 0 Å². The molecule has 6 heteroatoms. The van der Waals surface area contributed by atoms with Gasteiger partial charge in [-0.3, -0.25) is 4.79 Å². The van der Waals surface area contributed by atoms with E-state index in [0.29, 0.717) is 19.1 Å². The summed E-state index contributed by atoms with van der Waals surface area (Å²) in [6.07, 6.45) is 4.44. The Bertz CT molecular complexity index is 436. The SMILES string of the molecule is Cl.O=C(CCCCOc1ccc(Br)cc1)NC1CCNCC1. The molecule has 2 N–H and O–H groups in total. The first-order valence-corrected chi connectivity index (χ1v) is 8.42. The van der Waals surface area contributed by atoms with E-state index in [9.17, 15) is 4.79 Å². The van der Waals surface area contributed by atoms with Crippen LogP contribution in [-0.2, 0) is 4.79 Å². The summed E-state index contributed by atoms with van der Waals surface area (Å²) in [6, 6.07) is 8.16. The number of ether oxygens (including phenoxy) is 1. The highest BCUT2D eigenvalue weighted by Gasteiger charge is 2.14. The van der Waals surface area contributed by atoms with E-state index < -0.39 is 0 Å². The molecule has 1 heterocycles. The van der Waals surface area contributed by atoms with Crippen molar-refractivity contribution in [2.24, 2.45) is 0 Å². The highest BCUT2D eigenvalue weighted by atomic mass is 79.9. The zero-order valence-corrected chi connectivity index (χ0v) is 15.0. The maximum Gasteiger partial charge on any atom is 0.220 e. The molecule has 22 heavy (non-hydrogen) atoms. The molecular formula is C16H24BrClN2O2. The molecule has 0 radical (unpaired) electrons. The molecule has 0 atom stereocenters. The first-order chi connectivity index (χ1) is 10.2. The molecule has 0 bridgehead atoms. The van der Waals surface area contributed by atoms with Gasteiger partial charge in [0, 0.05) is 16.9 Å². The summed E-state index contributed by atoms with van der Waals surface area (Å²) in [5.74, 6) is 1.04. The van der Waals surface area contributed by atoms with Crippen LogP contribution in [0.15, 0.2) is 28.7 Å². The summed E-state index contributed by atoms with van der Waals surface area (Å²) in [5, 5.41) is 6.40. The minimum absolute atomic E-state index is 0. The van der Waals surface area contributed by atoms with E-state index in [-0.39, 0.29) is 18.3 Å². The third kappa shape index (κ3) is 7.47. The van der Waals surface area contributed by atoms with Crippen molar-refractivity contribution in [3.05, 3.63) is 28.7 Å². The van der Waals surface area contributed by atoms with Gasteiger partial charge in [0.1, 0.15) is 5.75 Å². The van der Waals surface area contributed by atoms with Gasteiger partial charge in [-0.05, 0) is 63.0 Å². The maximum atomic E-state index is 11.8. The standard InChI is InChI=1S/C16H23BrN2O2.ClH/c17-13-4-6-15(7-5-13)21-12-2-1-3-16(20)19-14-8-10-18-11-9-14;/h4-7,14,18H,1-3,8-12H2,(H,19,20);1H. The molecule has 124 valence electrons. The molecule has 0 aromatic heterocycles. The maximum absolute atomic E-state index is 11.8. The number of benzene rings is 1. The van der Waals surface area contributed by atoms with E-state index in [1.807, 2.05) is 24.3 Å². The zero-order valence-electron chi connectivity index (χ0n) is 12.6. The molecule has 2 rings (SSSR count). The lowest BCUT2D eigenvalue weighted by Crippen LogP contribution is -2.42. The number of halogens is 2. The van der Waals surface area contributed by atoms with Crippen LogP contribution in [0.4, 0.5) is 0 Å². The molecule has 0 spiro atoms. The van der Waals surface area contributed by atoms with Crippen LogP contribution in [0.3, 0.4) is 0 Å². The summed E-state index contributed by atoms with van der Waals surface area (Å²) in [6.45, 7) is 2.67. The molecule has 1 aliphatic heterocycles. The Morgan fingerprint density at radius 1 is 1.23 bits per heavy atom. The van der Waals surface area contributed by atoms with Crippen molar-refractivity contribution in [3.8, 4) is 5.75 Å². The van der Waals surface area contributed by atoms with Gasteiger partial charge < -0.3 is 15.4 Å². The summed E-state index contributed by atoms with van der Waals surface area (Å²) >= 11 is 3.39. The molecule has 1 fully saturated rings. The lowest BCUT2D eigenvalue weighted by Gasteiger charge is -2.23. The van der Waals surface area contributed by atoms with Crippen molar-refractivity contribution in [3.63, 3.8) is 0 Å². The summed E-state index contributed by atoms with van der Waals surface area (Å²) in [4.78, 5) is 11.8. The van der Waals surface area contributed by atoms with Gasteiger partial charge in [-0.1, -0.05) is 15.9 Å². The van der Waals surface area contributed by atoms with E-state index in [1.165, 1.54) is 0 Å². The molecule has 1 aromatic rings. The van der Waals surface area contributed by atoms with Crippen LogP contribution in [0.25, 0.3) is 0 Å². The van der Waals surface area contributed by atoms with Crippen molar-refractivity contribution >= 4 is 34.2 Å². The molecule has 0 unspecified atom stereocenters. The number of piperidine rings is 1. The van der Waals surface area contributed by atoms with Gasteiger partial charge in [0.25, 0.3) is 0 Å². The number of carbonyl (C=O) groups excluding carboxylic acids is 1. The van der Waals surface area contributed by atoms with Crippen molar-refractivity contribution in [2.45, 2.75) is 38.1 Å². The van der Waals surface area contributed by atoms with Gasteiger partial charge in [-0.25, -0.2) is 0 Å². The molecule has 0 saturated carbocycles. The minimum Gasteiger partial charge on any atom is -0.494 e. The molecule has 1 saturated heterocycles. The van der Waals surface area contributed by atoms with Crippen LogP contribution in [-0.4, -0.2) is 31.6 Å². The molecule has 1 amide bonds. The third-order valence-corrected chi connectivity index (χ3v) is 4.11. The number of unbranched alkanes of at least 4 members (excludes halogenated alkanes) is 1. The molecular weight excluding hydrogens is 368 g/mol. The monoisotopic (exact) mass is 390 g/mol. The highest BCUT2D eigenvalue weighted by molar-refractivity contribution is 9.10. The zero-order chi connectivity index (χ0) is 14.9. The molecule has 0 aliphatic carbocycles. The fourth-order valence-electron chi connectivity index (χ4n) is 2.37. The van der Waals surface area contributed by atoms with E-state index >= 15 is 0 Å². The Kier molecular flexibility index (Phi) is 9.52. The van der Waals surface area contributed by atoms with Crippen LogP contribution >= 0.6 is 28.3 Å². The van der Waals surface area contributed by atoms with E-state index in [0.717, 1.165) is 49.0 Å². The summed E-state index contributed by atoms with van der Waals surface area (Å²) in [7, 11) is 0. The second-order valence-corrected chi connectivity index (χ2v) is 6.27.